The molecule has 2 heterocycles. The van der Waals surface area contributed by atoms with Gasteiger partial charge in [-0.3, -0.25) is 0 Å². The van der Waals surface area contributed by atoms with E-state index in [9.17, 15) is 0 Å². The second-order valence-electron chi connectivity index (χ2n) is 7.67. The van der Waals surface area contributed by atoms with Crippen LogP contribution in [-0.4, -0.2) is 48.3 Å². The van der Waals surface area contributed by atoms with Crippen LogP contribution in [0.1, 0.15) is 12.5 Å². The molecule has 0 radical (unpaired) electrons. The number of aromatic nitrogens is 2. The number of nitrogens with zero attached hydrogens (tertiary/aromatic N) is 4. The molecular weight excluding hydrogens is 368 g/mol. The normalized spacial score (nSPS) is 15.8. The molecule has 4 rings (SSSR count). The van der Waals surface area contributed by atoms with Gasteiger partial charge < -0.3 is 9.80 Å². The summed E-state index contributed by atoms with van der Waals surface area (Å²) in [5, 5.41) is 11.8. The Hall–Kier alpha value is -3.24. The molecule has 3 aromatic rings. The second kappa shape index (κ2) is 9.06. The molecule has 0 saturated carbocycles. The van der Waals surface area contributed by atoms with E-state index in [-0.39, 0.29) is 0 Å². The van der Waals surface area contributed by atoms with Gasteiger partial charge in [0.1, 0.15) is 5.69 Å². The van der Waals surface area contributed by atoms with Gasteiger partial charge in [0.2, 0.25) is 0 Å². The molecule has 2 aromatic carbocycles. The minimum absolute atomic E-state index is 0.893. The molecule has 1 fully saturated rings. The van der Waals surface area contributed by atoms with E-state index in [1.807, 2.05) is 19.1 Å². The fourth-order valence-corrected chi connectivity index (χ4v) is 3.88. The zero-order chi connectivity index (χ0) is 20.9. The van der Waals surface area contributed by atoms with Gasteiger partial charge in [0.05, 0.1) is 0 Å². The third-order valence-electron chi connectivity index (χ3n) is 5.59. The molecule has 0 spiro atoms. The first-order chi connectivity index (χ1) is 14.7. The smallest absolute Gasteiger partial charge is 0.151 e. The van der Waals surface area contributed by atoms with Crippen molar-refractivity contribution >= 4 is 22.2 Å². The molecule has 0 N–H and O–H groups in total. The summed E-state index contributed by atoms with van der Waals surface area (Å²) in [6, 6.07) is 17.1. The monoisotopic (exact) mass is 396 g/mol. The molecule has 0 unspecified atom stereocenters. The lowest BCUT2D eigenvalue weighted by Crippen LogP contribution is -2.44. The lowest BCUT2D eigenvalue weighted by molar-refractivity contribution is 0.312. The molecule has 1 aliphatic rings. The molecule has 0 aliphatic carbocycles. The van der Waals surface area contributed by atoms with Crippen molar-refractivity contribution in [2.45, 2.75) is 6.92 Å². The number of piperazine rings is 1. The summed E-state index contributed by atoms with van der Waals surface area (Å²) in [4.78, 5) is 4.67. The fourth-order valence-electron chi connectivity index (χ4n) is 3.88. The first kappa shape index (κ1) is 20.0. The predicted octanol–water partition coefficient (Wildman–Crippen LogP) is 5.19. The van der Waals surface area contributed by atoms with Crippen LogP contribution in [0.3, 0.4) is 0 Å². The molecular formula is C26H28N4. The summed E-state index contributed by atoms with van der Waals surface area (Å²) in [6.07, 6.45) is 8.03. The van der Waals surface area contributed by atoms with E-state index in [1.54, 1.807) is 0 Å². The van der Waals surface area contributed by atoms with Crippen LogP contribution in [0, 0.1) is 0 Å². The highest BCUT2D eigenvalue weighted by Gasteiger charge is 2.19. The Morgan fingerprint density at radius 3 is 2.47 bits per heavy atom. The SMILES string of the molecule is C=C/C=C(\C=C/C)c1cc(N2CCN(C)CC2)nnc1-c1ccc2ccccc2c1. The fraction of sp³-hybridized carbons (Fsp3) is 0.231. The molecule has 4 heteroatoms. The largest absolute Gasteiger partial charge is 0.353 e. The minimum atomic E-state index is 0.893. The van der Waals surface area contributed by atoms with Gasteiger partial charge in [-0.05, 0) is 42.4 Å². The van der Waals surface area contributed by atoms with Crippen molar-refractivity contribution in [3.8, 4) is 11.3 Å². The van der Waals surface area contributed by atoms with Gasteiger partial charge in [-0.15, -0.1) is 10.2 Å². The van der Waals surface area contributed by atoms with Crippen molar-refractivity contribution < 1.29 is 0 Å². The highest BCUT2D eigenvalue weighted by molar-refractivity contribution is 5.90. The van der Waals surface area contributed by atoms with Gasteiger partial charge in [-0.1, -0.05) is 67.3 Å². The standard InChI is InChI=1S/C26H28N4/c1-4-8-21(9-5-2)24-19-25(30-16-14-29(3)15-17-30)27-28-26(24)23-13-12-20-10-6-7-11-22(20)18-23/h4-13,18-19H,1,14-17H2,2-3H3/b9-5-,21-8+. The van der Waals surface area contributed by atoms with Crippen LogP contribution < -0.4 is 4.90 Å². The van der Waals surface area contributed by atoms with Crippen LogP contribution in [0.4, 0.5) is 5.82 Å². The van der Waals surface area contributed by atoms with Crippen LogP contribution in [0.5, 0.6) is 0 Å². The Bertz CT molecular complexity index is 1100. The third kappa shape index (κ3) is 4.19. The van der Waals surface area contributed by atoms with E-state index >= 15 is 0 Å². The van der Waals surface area contributed by atoms with Crippen LogP contribution >= 0.6 is 0 Å². The van der Waals surface area contributed by atoms with Crippen molar-refractivity contribution in [2.24, 2.45) is 0 Å². The lowest BCUT2D eigenvalue weighted by atomic mass is 9.97. The van der Waals surface area contributed by atoms with Crippen LogP contribution in [0.2, 0.25) is 0 Å². The van der Waals surface area contributed by atoms with Gasteiger partial charge in [0.15, 0.2) is 5.82 Å². The molecule has 1 aromatic heterocycles. The summed E-state index contributed by atoms with van der Waals surface area (Å²) in [5.74, 6) is 0.933. The zero-order valence-corrected chi connectivity index (χ0v) is 17.8. The second-order valence-corrected chi connectivity index (χ2v) is 7.67. The number of hydrogen-bond donors (Lipinski definition) is 0. The number of rotatable bonds is 5. The van der Waals surface area contributed by atoms with Gasteiger partial charge in [0, 0.05) is 37.3 Å². The topological polar surface area (TPSA) is 32.3 Å². The first-order valence-corrected chi connectivity index (χ1v) is 10.5. The van der Waals surface area contributed by atoms with Crippen LogP contribution in [-0.2, 0) is 0 Å². The molecule has 1 aliphatic heterocycles. The number of hydrogen-bond acceptors (Lipinski definition) is 4. The maximum absolute atomic E-state index is 4.72. The number of anilines is 1. The van der Waals surface area contributed by atoms with Gasteiger partial charge in [0.25, 0.3) is 0 Å². The molecule has 0 bridgehead atoms. The van der Waals surface area contributed by atoms with E-state index in [0.29, 0.717) is 0 Å². The van der Waals surface area contributed by atoms with E-state index in [0.717, 1.165) is 54.4 Å². The number of likely N-dealkylation sites (N-methyl/N-ethyl adjacent to an activating group) is 1. The van der Waals surface area contributed by atoms with E-state index in [2.05, 4.69) is 89.2 Å². The van der Waals surface area contributed by atoms with Crippen molar-refractivity contribution in [1.82, 2.24) is 15.1 Å². The molecule has 0 amide bonds. The lowest BCUT2D eigenvalue weighted by Gasteiger charge is -2.33. The number of benzene rings is 2. The first-order valence-electron chi connectivity index (χ1n) is 10.5. The van der Waals surface area contributed by atoms with Gasteiger partial charge in [-0.25, -0.2) is 0 Å². The quantitative estimate of drug-likeness (QED) is 0.555. The number of allylic oxidation sites excluding steroid dienone is 5. The molecule has 152 valence electrons. The highest BCUT2D eigenvalue weighted by Crippen LogP contribution is 2.32. The Kier molecular flexibility index (Phi) is 6.05. The summed E-state index contributed by atoms with van der Waals surface area (Å²) in [7, 11) is 2.16. The van der Waals surface area contributed by atoms with Crippen LogP contribution in [0.25, 0.3) is 27.6 Å². The zero-order valence-electron chi connectivity index (χ0n) is 17.8. The van der Waals surface area contributed by atoms with Gasteiger partial charge >= 0.3 is 0 Å². The number of fused-ring (bicyclic) bond motifs is 1. The van der Waals surface area contributed by atoms with Crippen molar-refractivity contribution in [3.63, 3.8) is 0 Å². The Morgan fingerprint density at radius 1 is 0.967 bits per heavy atom. The highest BCUT2D eigenvalue weighted by atomic mass is 15.3. The summed E-state index contributed by atoms with van der Waals surface area (Å²) in [5.41, 5.74) is 4.12. The van der Waals surface area contributed by atoms with Crippen molar-refractivity contribution in [2.75, 3.05) is 38.1 Å². The Morgan fingerprint density at radius 2 is 1.73 bits per heavy atom. The average molecular weight is 397 g/mol. The molecule has 30 heavy (non-hydrogen) atoms. The molecule has 4 nitrogen and oxygen atoms in total. The molecule has 1 saturated heterocycles. The van der Waals surface area contributed by atoms with Crippen molar-refractivity contribution in [1.29, 1.82) is 0 Å². The Labute approximate surface area is 178 Å². The predicted molar refractivity (Wildman–Crippen MR) is 128 cm³/mol. The summed E-state index contributed by atoms with van der Waals surface area (Å²) < 4.78 is 0. The van der Waals surface area contributed by atoms with E-state index < -0.39 is 0 Å². The van der Waals surface area contributed by atoms with Crippen molar-refractivity contribution in [3.05, 3.63) is 85.0 Å². The average Bonchev–Trinajstić information content (AvgIpc) is 2.79. The molecule has 0 atom stereocenters. The summed E-state index contributed by atoms with van der Waals surface area (Å²) in [6.45, 7) is 9.94. The van der Waals surface area contributed by atoms with E-state index in [4.69, 9.17) is 5.10 Å². The maximum Gasteiger partial charge on any atom is 0.151 e. The minimum Gasteiger partial charge on any atom is -0.353 e. The maximum atomic E-state index is 4.72. The summed E-state index contributed by atoms with van der Waals surface area (Å²) >= 11 is 0. The third-order valence-corrected chi connectivity index (χ3v) is 5.59. The van der Waals surface area contributed by atoms with E-state index in [1.165, 1.54) is 10.8 Å². The van der Waals surface area contributed by atoms with Gasteiger partial charge in [-0.2, -0.15) is 0 Å². The van der Waals surface area contributed by atoms with Crippen LogP contribution in [0.15, 0.2) is 79.4 Å². The Balaban J connectivity index is 1.83.